The van der Waals surface area contributed by atoms with E-state index in [1.807, 2.05) is 0 Å². The fraction of sp³-hybridized carbons (Fsp3) is 0.778. The maximum Gasteiger partial charge on any atom is 0.303 e. The number of nitrogens with one attached hydrogen (secondary N) is 1. The van der Waals surface area contributed by atoms with Gasteiger partial charge in [-0.2, -0.15) is 0 Å². The highest BCUT2D eigenvalue weighted by Gasteiger charge is 2.24. The van der Waals surface area contributed by atoms with Crippen molar-refractivity contribution < 1.29 is 14.7 Å². The summed E-state index contributed by atoms with van der Waals surface area (Å²) in [5, 5.41) is 11.5. The Kier molecular flexibility index (Phi) is 3.88. The molecule has 1 atom stereocenters. The predicted molar refractivity (Wildman–Crippen MR) is 50.6 cm³/mol. The zero-order chi connectivity index (χ0) is 10.6. The molecule has 0 spiro atoms. The third-order valence-electron chi connectivity index (χ3n) is 2.34. The van der Waals surface area contributed by atoms with Crippen LogP contribution in [-0.2, 0) is 9.59 Å². The van der Waals surface area contributed by atoms with Gasteiger partial charge in [0.1, 0.15) is 0 Å². The van der Waals surface area contributed by atoms with Crippen LogP contribution in [0.3, 0.4) is 0 Å². The predicted octanol–water partition coefficient (Wildman–Crippen LogP) is -0.295. The van der Waals surface area contributed by atoms with Crippen LogP contribution in [0.1, 0.15) is 25.7 Å². The van der Waals surface area contributed by atoms with Gasteiger partial charge >= 0.3 is 5.97 Å². The topological polar surface area (TPSA) is 92.4 Å². The van der Waals surface area contributed by atoms with E-state index in [4.69, 9.17) is 10.8 Å². The second kappa shape index (κ2) is 4.95. The van der Waals surface area contributed by atoms with E-state index in [0.717, 1.165) is 6.54 Å². The molecule has 0 aliphatic heterocycles. The largest absolute Gasteiger partial charge is 0.481 e. The minimum Gasteiger partial charge on any atom is -0.481 e. The highest BCUT2D eigenvalue weighted by Crippen LogP contribution is 2.27. The Balaban J connectivity index is 2.22. The first kappa shape index (κ1) is 11.0. The van der Waals surface area contributed by atoms with E-state index in [0.29, 0.717) is 5.92 Å². The van der Waals surface area contributed by atoms with E-state index < -0.39 is 17.9 Å². The molecule has 1 amide bonds. The number of carbonyl (C=O) groups excluding carboxylic acids is 1. The molecule has 0 aromatic rings. The minimum atomic E-state index is -0.899. The monoisotopic (exact) mass is 200 g/mol. The third kappa shape index (κ3) is 4.23. The van der Waals surface area contributed by atoms with Crippen molar-refractivity contribution in [3.63, 3.8) is 0 Å². The summed E-state index contributed by atoms with van der Waals surface area (Å²) in [6.07, 6.45) is 2.64. The lowest BCUT2D eigenvalue weighted by molar-refractivity contribution is -0.137. The number of aliphatic carboxylic acids is 1. The number of rotatable bonds is 7. The van der Waals surface area contributed by atoms with Gasteiger partial charge in [-0.1, -0.05) is 0 Å². The van der Waals surface area contributed by atoms with Crippen LogP contribution in [0, 0.1) is 5.92 Å². The van der Waals surface area contributed by atoms with Crippen molar-refractivity contribution in [2.75, 3.05) is 6.54 Å². The van der Waals surface area contributed by atoms with Crippen molar-refractivity contribution in [3.8, 4) is 0 Å². The second-order valence-electron chi connectivity index (χ2n) is 3.74. The smallest absolute Gasteiger partial charge is 0.303 e. The van der Waals surface area contributed by atoms with Crippen LogP contribution in [-0.4, -0.2) is 29.6 Å². The van der Waals surface area contributed by atoms with Crippen LogP contribution >= 0.6 is 0 Å². The highest BCUT2D eigenvalue weighted by atomic mass is 16.4. The number of hydrogen-bond acceptors (Lipinski definition) is 3. The van der Waals surface area contributed by atoms with Crippen molar-refractivity contribution in [1.82, 2.24) is 5.32 Å². The molecule has 4 N–H and O–H groups in total. The van der Waals surface area contributed by atoms with Crippen molar-refractivity contribution in [3.05, 3.63) is 0 Å². The van der Waals surface area contributed by atoms with Gasteiger partial charge in [-0.3, -0.25) is 9.59 Å². The molecule has 1 aliphatic carbocycles. The molecule has 0 aromatic carbocycles. The van der Waals surface area contributed by atoms with Crippen molar-refractivity contribution in [1.29, 1.82) is 0 Å². The summed E-state index contributed by atoms with van der Waals surface area (Å²) in [5.74, 6) is -0.710. The van der Waals surface area contributed by atoms with Crippen LogP contribution < -0.4 is 11.1 Å². The molecule has 0 radical (unpaired) electrons. The molecule has 1 aliphatic rings. The molecule has 1 rings (SSSR count). The zero-order valence-electron chi connectivity index (χ0n) is 8.03. The number of carboxylic acid groups (broad SMARTS) is 1. The van der Waals surface area contributed by atoms with Crippen molar-refractivity contribution in [2.45, 2.75) is 31.7 Å². The maximum absolute atomic E-state index is 10.9. The van der Waals surface area contributed by atoms with Gasteiger partial charge in [0, 0.05) is 6.42 Å². The summed E-state index contributed by atoms with van der Waals surface area (Å²) in [5.41, 5.74) is 5.14. The summed E-state index contributed by atoms with van der Waals surface area (Å²) in [6.45, 7) is 0.771. The quantitative estimate of drug-likeness (QED) is 0.526. The first-order chi connectivity index (χ1) is 6.59. The summed E-state index contributed by atoms with van der Waals surface area (Å²) in [4.78, 5) is 21.2. The number of nitrogens with two attached hydrogens (primary N) is 1. The van der Waals surface area contributed by atoms with Gasteiger partial charge < -0.3 is 16.2 Å². The second-order valence-corrected chi connectivity index (χ2v) is 3.74. The van der Waals surface area contributed by atoms with Crippen molar-refractivity contribution >= 4 is 11.9 Å². The standard InChI is InChI=1S/C9H16N2O3/c10-9(14)7(3-4-8(12)13)11-5-6-1-2-6/h6-7,11H,1-5H2,(H2,10,14)(H,12,13)/t7-/m0/s1. The Hall–Kier alpha value is -1.10. The summed E-state index contributed by atoms with van der Waals surface area (Å²) >= 11 is 0. The SMILES string of the molecule is NC(=O)[C@H](CCC(=O)O)NCC1CC1. The molecule has 1 fully saturated rings. The number of carbonyl (C=O) groups is 2. The lowest BCUT2D eigenvalue weighted by atomic mass is 10.1. The van der Waals surface area contributed by atoms with Gasteiger partial charge in [0.05, 0.1) is 6.04 Å². The lowest BCUT2D eigenvalue weighted by Gasteiger charge is -2.13. The lowest BCUT2D eigenvalue weighted by Crippen LogP contribution is -2.42. The van der Waals surface area contributed by atoms with E-state index in [9.17, 15) is 9.59 Å². The Morgan fingerprint density at radius 2 is 2.14 bits per heavy atom. The summed E-state index contributed by atoms with van der Waals surface area (Å²) in [7, 11) is 0. The van der Waals surface area contributed by atoms with Gasteiger partial charge in [-0.15, -0.1) is 0 Å². The molecule has 5 heteroatoms. The van der Waals surface area contributed by atoms with Crippen LogP contribution in [0.25, 0.3) is 0 Å². The van der Waals surface area contributed by atoms with E-state index in [-0.39, 0.29) is 12.8 Å². The van der Waals surface area contributed by atoms with E-state index in [2.05, 4.69) is 5.32 Å². The Morgan fingerprint density at radius 3 is 2.57 bits per heavy atom. The van der Waals surface area contributed by atoms with Crippen LogP contribution in [0.5, 0.6) is 0 Å². The Labute approximate surface area is 82.7 Å². The number of hydrogen-bond donors (Lipinski definition) is 3. The average Bonchev–Trinajstić information content (AvgIpc) is 2.86. The van der Waals surface area contributed by atoms with Gasteiger partial charge in [-0.05, 0) is 31.7 Å². The van der Waals surface area contributed by atoms with Crippen LogP contribution in [0.2, 0.25) is 0 Å². The third-order valence-corrected chi connectivity index (χ3v) is 2.34. The molecule has 0 bridgehead atoms. The van der Waals surface area contributed by atoms with E-state index in [1.165, 1.54) is 12.8 Å². The molecule has 5 nitrogen and oxygen atoms in total. The van der Waals surface area contributed by atoms with Crippen LogP contribution in [0.4, 0.5) is 0 Å². The zero-order valence-corrected chi connectivity index (χ0v) is 8.03. The molecule has 0 heterocycles. The molecule has 1 saturated carbocycles. The van der Waals surface area contributed by atoms with Crippen molar-refractivity contribution in [2.24, 2.45) is 11.7 Å². The molecular formula is C9H16N2O3. The number of carboxylic acids is 1. The number of primary amides is 1. The molecule has 0 unspecified atom stereocenters. The van der Waals surface area contributed by atoms with Crippen LogP contribution in [0.15, 0.2) is 0 Å². The van der Waals surface area contributed by atoms with Gasteiger partial charge in [0.2, 0.25) is 5.91 Å². The summed E-state index contributed by atoms with van der Waals surface area (Å²) in [6, 6.07) is -0.494. The molecule has 80 valence electrons. The fourth-order valence-corrected chi connectivity index (χ4v) is 1.24. The molecule has 14 heavy (non-hydrogen) atoms. The number of amides is 1. The van der Waals surface area contributed by atoms with Gasteiger partial charge in [-0.25, -0.2) is 0 Å². The first-order valence-corrected chi connectivity index (χ1v) is 4.84. The maximum atomic E-state index is 10.9. The average molecular weight is 200 g/mol. The minimum absolute atomic E-state index is 0.0225. The molecule has 0 saturated heterocycles. The normalized spacial score (nSPS) is 17.7. The van der Waals surface area contributed by atoms with Gasteiger partial charge in [0.25, 0.3) is 0 Å². The van der Waals surface area contributed by atoms with E-state index in [1.54, 1.807) is 0 Å². The van der Waals surface area contributed by atoms with E-state index >= 15 is 0 Å². The molecule has 0 aromatic heterocycles. The fourth-order valence-electron chi connectivity index (χ4n) is 1.24. The van der Waals surface area contributed by atoms with Gasteiger partial charge in [0.15, 0.2) is 0 Å². The molecular weight excluding hydrogens is 184 g/mol. The first-order valence-electron chi connectivity index (χ1n) is 4.84. The highest BCUT2D eigenvalue weighted by molar-refractivity contribution is 5.80. The summed E-state index contributed by atoms with van der Waals surface area (Å²) < 4.78 is 0. The Bertz CT molecular complexity index is 226. The Morgan fingerprint density at radius 1 is 1.50 bits per heavy atom.